The molecule has 1 aromatic carbocycles. The van der Waals surface area contributed by atoms with Crippen LogP contribution in [0.2, 0.25) is 0 Å². The Balaban J connectivity index is 2.30. The number of benzene rings is 1. The third-order valence-corrected chi connectivity index (χ3v) is 4.37. The van der Waals surface area contributed by atoms with Gasteiger partial charge in [-0.25, -0.2) is 4.98 Å². The zero-order valence-corrected chi connectivity index (χ0v) is 14.6. The third-order valence-electron chi connectivity index (χ3n) is 4.37. The summed E-state index contributed by atoms with van der Waals surface area (Å²) >= 11 is 0. The zero-order valence-electron chi connectivity index (χ0n) is 14.6. The molecule has 0 amide bonds. The summed E-state index contributed by atoms with van der Waals surface area (Å²) in [4.78, 5) is 29.6. The first kappa shape index (κ1) is 17.3. The first-order valence-electron chi connectivity index (χ1n) is 8.62. The quantitative estimate of drug-likeness (QED) is 0.812. The van der Waals surface area contributed by atoms with Gasteiger partial charge < -0.3 is 4.74 Å². The van der Waals surface area contributed by atoms with Crippen molar-refractivity contribution in [3.05, 3.63) is 64.6 Å². The summed E-state index contributed by atoms with van der Waals surface area (Å²) in [7, 11) is 0. The molecule has 0 aliphatic heterocycles. The number of hydrogen-bond donors (Lipinski definition) is 0. The van der Waals surface area contributed by atoms with Gasteiger partial charge in [-0.3, -0.25) is 14.2 Å². The number of allylic oxidation sites excluding steroid dienone is 2. The number of rotatable bonds is 6. The van der Waals surface area contributed by atoms with Crippen LogP contribution in [0.1, 0.15) is 32.4 Å². The molecule has 0 radical (unpaired) electrons. The summed E-state index contributed by atoms with van der Waals surface area (Å²) < 4.78 is 7.69. The smallest absolute Gasteiger partial charge is 0.275 e. The van der Waals surface area contributed by atoms with E-state index >= 15 is 0 Å². The molecular weight excluding hydrogens is 316 g/mol. The molecule has 0 fully saturated rings. The van der Waals surface area contributed by atoms with Crippen molar-refractivity contribution >= 4 is 16.8 Å². The van der Waals surface area contributed by atoms with Crippen LogP contribution in [0.15, 0.2) is 53.4 Å². The molecule has 3 rings (SSSR count). The average Bonchev–Trinajstić information content (AvgIpc) is 2.63. The van der Waals surface area contributed by atoms with Gasteiger partial charge in [-0.05, 0) is 25.1 Å². The Bertz CT molecular complexity index is 911. The van der Waals surface area contributed by atoms with Crippen molar-refractivity contribution in [1.82, 2.24) is 9.55 Å². The Morgan fingerprint density at radius 1 is 1.28 bits per heavy atom. The van der Waals surface area contributed by atoms with Gasteiger partial charge in [0.2, 0.25) is 0 Å². The van der Waals surface area contributed by atoms with Crippen LogP contribution in [0.4, 0.5) is 0 Å². The van der Waals surface area contributed by atoms with Gasteiger partial charge in [-0.15, -0.1) is 0 Å². The number of Topliss-reactive ketones (excluding diaryl/α,β-unsaturated/α-hetero) is 1. The number of hydrogen-bond acceptors (Lipinski definition) is 4. The van der Waals surface area contributed by atoms with Gasteiger partial charge in [0.15, 0.2) is 5.72 Å². The van der Waals surface area contributed by atoms with Crippen LogP contribution < -0.4 is 5.56 Å². The summed E-state index contributed by atoms with van der Waals surface area (Å²) in [6.45, 7) is 4.16. The largest absolute Gasteiger partial charge is 0.351 e. The second-order valence-corrected chi connectivity index (χ2v) is 6.03. The molecule has 1 aliphatic rings. The molecule has 0 saturated heterocycles. The molecule has 0 N–H and O–H groups in total. The number of fused-ring (bicyclic) bond motifs is 1. The van der Waals surface area contributed by atoms with Crippen LogP contribution in [-0.4, -0.2) is 21.9 Å². The molecule has 5 nitrogen and oxygen atoms in total. The van der Waals surface area contributed by atoms with E-state index in [9.17, 15) is 9.59 Å². The standard InChI is InChI=1S/C20H22N2O3/c1-3-15(23)14-17-19(24)22(18-11-7-6-10-16(18)21-17)20(25-4-2)12-8-5-9-13-20/h5-12H,3-4,13-14H2,1-2H3. The fourth-order valence-electron chi connectivity index (χ4n) is 3.16. The summed E-state index contributed by atoms with van der Waals surface area (Å²) in [5, 5.41) is 0. The monoisotopic (exact) mass is 338 g/mol. The lowest BCUT2D eigenvalue weighted by Crippen LogP contribution is -2.44. The number of carbonyl (C=O) groups is 1. The highest BCUT2D eigenvalue weighted by Gasteiger charge is 2.33. The Hall–Kier alpha value is -2.53. The highest BCUT2D eigenvalue weighted by molar-refractivity contribution is 5.81. The van der Waals surface area contributed by atoms with Gasteiger partial charge in [0, 0.05) is 19.4 Å². The molecule has 25 heavy (non-hydrogen) atoms. The van der Waals surface area contributed by atoms with Crippen molar-refractivity contribution in [2.75, 3.05) is 6.61 Å². The van der Waals surface area contributed by atoms with Crippen molar-refractivity contribution < 1.29 is 9.53 Å². The second-order valence-electron chi connectivity index (χ2n) is 6.03. The normalized spacial score (nSPS) is 19.4. The maximum Gasteiger partial charge on any atom is 0.275 e. The Morgan fingerprint density at radius 2 is 2.08 bits per heavy atom. The SMILES string of the molecule is CCOC1(n2c(=O)c(CC(=O)CC)nc3ccccc32)C=CC=CC1. The van der Waals surface area contributed by atoms with E-state index in [4.69, 9.17) is 4.74 Å². The number of carbonyl (C=O) groups excluding carboxylic acids is 1. The zero-order chi connectivity index (χ0) is 17.9. The molecular formula is C20H22N2O3. The van der Waals surface area contributed by atoms with Gasteiger partial charge in [0.25, 0.3) is 5.56 Å². The highest BCUT2D eigenvalue weighted by Crippen LogP contribution is 2.30. The molecule has 1 unspecified atom stereocenters. The van der Waals surface area contributed by atoms with Crippen LogP contribution >= 0.6 is 0 Å². The Labute approximate surface area is 146 Å². The van der Waals surface area contributed by atoms with E-state index in [-0.39, 0.29) is 23.5 Å². The van der Waals surface area contributed by atoms with Gasteiger partial charge in [-0.2, -0.15) is 0 Å². The summed E-state index contributed by atoms with van der Waals surface area (Å²) in [5.74, 6) is -0.00373. The van der Waals surface area contributed by atoms with Crippen LogP contribution in [0.3, 0.4) is 0 Å². The topological polar surface area (TPSA) is 61.2 Å². The first-order valence-corrected chi connectivity index (χ1v) is 8.62. The number of para-hydroxylation sites is 2. The third kappa shape index (κ3) is 3.20. The van der Waals surface area contributed by atoms with Gasteiger partial charge in [0.1, 0.15) is 11.5 Å². The number of ketones is 1. The molecule has 1 aliphatic carbocycles. The maximum absolute atomic E-state index is 13.2. The molecule has 130 valence electrons. The Kier molecular flexibility index (Phi) is 4.95. The molecule has 2 aromatic rings. The van der Waals surface area contributed by atoms with E-state index in [1.165, 1.54) is 0 Å². The number of aromatic nitrogens is 2. The molecule has 0 spiro atoms. The van der Waals surface area contributed by atoms with Crippen LogP contribution in [0.5, 0.6) is 0 Å². The van der Waals surface area contributed by atoms with E-state index < -0.39 is 5.72 Å². The summed E-state index contributed by atoms with van der Waals surface area (Å²) in [6.07, 6.45) is 8.68. The van der Waals surface area contributed by atoms with E-state index in [1.54, 1.807) is 11.5 Å². The van der Waals surface area contributed by atoms with Crippen molar-refractivity contribution in [3.8, 4) is 0 Å². The van der Waals surface area contributed by atoms with Crippen LogP contribution in [-0.2, 0) is 21.7 Å². The minimum Gasteiger partial charge on any atom is -0.351 e. The van der Waals surface area contributed by atoms with E-state index in [0.717, 1.165) is 0 Å². The molecule has 1 atom stereocenters. The molecule has 5 heteroatoms. The fraction of sp³-hybridized carbons (Fsp3) is 0.350. The minimum absolute atomic E-state index is 0.00373. The molecule has 0 saturated carbocycles. The predicted octanol–water partition coefficient (Wildman–Crippen LogP) is 3.12. The van der Waals surface area contributed by atoms with Crippen LogP contribution in [0, 0.1) is 0 Å². The number of ether oxygens (including phenoxy) is 1. The summed E-state index contributed by atoms with van der Waals surface area (Å²) in [5.41, 5.74) is 0.491. The molecule has 1 aromatic heterocycles. The lowest BCUT2D eigenvalue weighted by molar-refractivity contribution is -0.118. The minimum atomic E-state index is -0.896. The van der Waals surface area contributed by atoms with Crippen molar-refractivity contribution in [3.63, 3.8) is 0 Å². The molecule has 0 bridgehead atoms. The number of nitrogens with zero attached hydrogens (tertiary/aromatic N) is 2. The van der Waals surface area contributed by atoms with Gasteiger partial charge in [-0.1, -0.05) is 37.3 Å². The van der Waals surface area contributed by atoms with E-state index in [2.05, 4.69) is 4.98 Å². The van der Waals surface area contributed by atoms with Crippen molar-refractivity contribution in [1.29, 1.82) is 0 Å². The Morgan fingerprint density at radius 3 is 2.76 bits per heavy atom. The van der Waals surface area contributed by atoms with Crippen molar-refractivity contribution in [2.24, 2.45) is 0 Å². The lowest BCUT2D eigenvalue weighted by atomic mass is 10.0. The predicted molar refractivity (Wildman–Crippen MR) is 97.5 cm³/mol. The highest BCUT2D eigenvalue weighted by atomic mass is 16.5. The van der Waals surface area contributed by atoms with Gasteiger partial charge >= 0.3 is 0 Å². The lowest BCUT2D eigenvalue weighted by Gasteiger charge is -2.34. The maximum atomic E-state index is 13.2. The fourth-order valence-corrected chi connectivity index (χ4v) is 3.16. The summed E-state index contributed by atoms with van der Waals surface area (Å²) in [6, 6.07) is 7.47. The van der Waals surface area contributed by atoms with Crippen molar-refractivity contribution in [2.45, 2.75) is 38.8 Å². The van der Waals surface area contributed by atoms with Crippen LogP contribution in [0.25, 0.3) is 11.0 Å². The van der Waals surface area contributed by atoms with Gasteiger partial charge in [0.05, 0.1) is 17.5 Å². The second kappa shape index (κ2) is 7.15. The van der Waals surface area contributed by atoms with E-state index in [1.807, 2.05) is 55.5 Å². The molecule has 1 heterocycles. The first-order chi connectivity index (χ1) is 12.1. The average molecular weight is 338 g/mol. The van der Waals surface area contributed by atoms with E-state index in [0.29, 0.717) is 30.5 Å².